The number of rotatable bonds is 5. The van der Waals surface area contributed by atoms with Crippen molar-refractivity contribution in [2.75, 3.05) is 25.5 Å². The van der Waals surface area contributed by atoms with E-state index in [0.29, 0.717) is 5.13 Å². The lowest BCUT2D eigenvalue weighted by Gasteiger charge is -2.17. The van der Waals surface area contributed by atoms with Gasteiger partial charge in [0.2, 0.25) is 0 Å². The van der Waals surface area contributed by atoms with E-state index < -0.39 is 0 Å². The summed E-state index contributed by atoms with van der Waals surface area (Å²) in [4.78, 5) is 27.1. The van der Waals surface area contributed by atoms with Gasteiger partial charge in [-0.15, -0.1) is 11.3 Å². The van der Waals surface area contributed by atoms with Crippen molar-refractivity contribution in [1.82, 2.24) is 19.9 Å². The van der Waals surface area contributed by atoms with Crippen molar-refractivity contribution < 1.29 is 9.53 Å². The van der Waals surface area contributed by atoms with E-state index in [2.05, 4.69) is 25.2 Å². The summed E-state index contributed by atoms with van der Waals surface area (Å²) >= 11 is 1.43. The van der Waals surface area contributed by atoms with Crippen molar-refractivity contribution in [2.45, 2.75) is 32.2 Å². The molecule has 1 fully saturated rings. The summed E-state index contributed by atoms with van der Waals surface area (Å²) in [6.45, 7) is 3.09. The molecule has 8 heteroatoms. The lowest BCUT2D eigenvalue weighted by molar-refractivity contribution is 0.102. The summed E-state index contributed by atoms with van der Waals surface area (Å²) in [5, 5.41) is 5.37. The fraction of sp³-hybridized carbons (Fsp3) is 0.500. The Bertz CT molecular complexity index is 683. The molecule has 0 aliphatic carbocycles. The SMILES string of the molecule is COc1nccc(C(=O)Nc2nc(CN3CCCCCC3)cs2)n1. The maximum atomic E-state index is 12.2. The molecule has 0 spiro atoms. The Hall–Kier alpha value is -2.06. The summed E-state index contributed by atoms with van der Waals surface area (Å²) in [7, 11) is 1.47. The van der Waals surface area contributed by atoms with Crippen LogP contribution in [0.5, 0.6) is 6.01 Å². The molecule has 3 rings (SSSR count). The first-order valence-electron chi connectivity index (χ1n) is 8.10. The second kappa shape index (κ2) is 8.16. The number of nitrogens with one attached hydrogen (secondary N) is 1. The summed E-state index contributed by atoms with van der Waals surface area (Å²) in [5.74, 6) is -0.314. The molecule has 2 aromatic heterocycles. The third kappa shape index (κ3) is 4.48. The van der Waals surface area contributed by atoms with Gasteiger partial charge in [-0.2, -0.15) is 4.98 Å². The van der Waals surface area contributed by atoms with Gasteiger partial charge >= 0.3 is 6.01 Å². The molecular weight excluding hydrogens is 326 g/mol. The molecule has 1 saturated heterocycles. The van der Waals surface area contributed by atoms with Crippen LogP contribution in [0.2, 0.25) is 0 Å². The number of aromatic nitrogens is 3. The standard InChI is InChI=1S/C16H21N5O2S/c1-23-15-17-7-6-13(19-15)14(22)20-16-18-12(11-24-16)10-21-8-4-2-3-5-9-21/h6-7,11H,2-5,8-10H2,1H3,(H,18,20,22). The zero-order valence-electron chi connectivity index (χ0n) is 13.7. The van der Waals surface area contributed by atoms with E-state index in [-0.39, 0.29) is 17.6 Å². The maximum Gasteiger partial charge on any atom is 0.316 e. The van der Waals surface area contributed by atoms with E-state index in [1.165, 1.54) is 50.3 Å². The van der Waals surface area contributed by atoms with Crippen LogP contribution in [-0.4, -0.2) is 46.0 Å². The zero-order chi connectivity index (χ0) is 16.8. The maximum absolute atomic E-state index is 12.2. The van der Waals surface area contributed by atoms with Crippen LogP contribution >= 0.6 is 11.3 Å². The molecule has 24 heavy (non-hydrogen) atoms. The van der Waals surface area contributed by atoms with E-state index in [9.17, 15) is 4.79 Å². The van der Waals surface area contributed by atoms with Gasteiger partial charge in [0.25, 0.3) is 5.91 Å². The number of amides is 1. The minimum Gasteiger partial charge on any atom is -0.467 e. The van der Waals surface area contributed by atoms with Gasteiger partial charge in [-0.1, -0.05) is 12.8 Å². The van der Waals surface area contributed by atoms with E-state index in [1.807, 2.05) is 5.38 Å². The molecule has 1 aliphatic rings. The normalized spacial score (nSPS) is 15.7. The van der Waals surface area contributed by atoms with Gasteiger partial charge < -0.3 is 4.74 Å². The average molecular weight is 347 g/mol. The minimum absolute atomic E-state index is 0.170. The topological polar surface area (TPSA) is 80.2 Å². The monoisotopic (exact) mass is 347 g/mol. The third-order valence-corrected chi connectivity index (χ3v) is 4.71. The lowest BCUT2D eigenvalue weighted by atomic mass is 10.2. The second-order valence-corrected chi connectivity index (χ2v) is 6.58. The van der Waals surface area contributed by atoms with Gasteiger partial charge in [0.05, 0.1) is 12.8 Å². The molecule has 1 aliphatic heterocycles. The van der Waals surface area contributed by atoms with Crippen molar-refractivity contribution in [3.63, 3.8) is 0 Å². The zero-order valence-corrected chi connectivity index (χ0v) is 14.5. The highest BCUT2D eigenvalue weighted by Gasteiger charge is 2.14. The van der Waals surface area contributed by atoms with Crippen LogP contribution in [-0.2, 0) is 6.54 Å². The van der Waals surface area contributed by atoms with E-state index in [4.69, 9.17) is 4.74 Å². The minimum atomic E-state index is -0.314. The number of methoxy groups -OCH3 is 1. The number of carbonyl (C=O) groups is 1. The average Bonchev–Trinajstić information content (AvgIpc) is 2.88. The van der Waals surface area contributed by atoms with Crippen LogP contribution in [0.4, 0.5) is 5.13 Å². The predicted octanol–water partition coefficient (Wildman–Crippen LogP) is 2.57. The number of thiazole rings is 1. The van der Waals surface area contributed by atoms with Crippen LogP contribution in [0.15, 0.2) is 17.6 Å². The van der Waals surface area contributed by atoms with Crippen molar-refractivity contribution in [3.8, 4) is 6.01 Å². The first-order valence-corrected chi connectivity index (χ1v) is 8.98. The Morgan fingerprint density at radius 2 is 2.08 bits per heavy atom. The molecule has 7 nitrogen and oxygen atoms in total. The van der Waals surface area contributed by atoms with E-state index in [1.54, 1.807) is 6.07 Å². The van der Waals surface area contributed by atoms with Crippen molar-refractivity contribution in [1.29, 1.82) is 0 Å². The van der Waals surface area contributed by atoms with E-state index >= 15 is 0 Å². The lowest BCUT2D eigenvalue weighted by Crippen LogP contribution is -2.24. The number of carbonyl (C=O) groups excluding carboxylic acids is 1. The number of ether oxygens (including phenoxy) is 1. The first kappa shape index (κ1) is 16.8. The van der Waals surface area contributed by atoms with Gasteiger partial charge in [-0.3, -0.25) is 15.0 Å². The van der Waals surface area contributed by atoms with Crippen LogP contribution in [0, 0.1) is 0 Å². The molecule has 0 unspecified atom stereocenters. The molecule has 0 aromatic carbocycles. The van der Waals surface area contributed by atoms with Gasteiger partial charge in [0.15, 0.2) is 5.13 Å². The highest BCUT2D eigenvalue weighted by Crippen LogP contribution is 2.19. The molecule has 0 bridgehead atoms. The van der Waals surface area contributed by atoms with Crippen LogP contribution in [0.1, 0.15) is 41.9 Å². The molecule has 1 N–H and O–H groups in total. The summed E-state index contributed by atoms with van der Waals surface area (Å²) < 4.78 is 4.93. The molecule has 0 radical (unpaired) electrons. The molecular formula is C16H21N5O2S. The molecule has 3 heterocycles. The molecule has 2 aromatic rings. The van der Waals surface area contributed by atoms with Gasteiger partial charge in [-0.25, -0.2) is 9.97 Å². The van der Waals surface area contributed by atoms with Crippen molar-refractivity contribution >= 4 is 22.4 Å². The number of likely N-dealkylation sites (tertiary alicyclic amines) is 1. The molecule has 0 atom stereocenters. The number of nitrogens with zero attached hydrogens (tertiary/aromatic N) is 4. The number of hydrogen-bond donors (Lipinski definition) is 1. The van der Waals surface area contributed by atoms with Crippen LogP contribution in [0.3, 0.4) is 0 Å². The number of hydrogen-bond acceptors (Lipinski definition) is 7. The Balaban J connectivity index is 1.59. The predicted molar refractivity (Wildman–Crippen MR) is 92.4 cm³/mol. The highest BCUT2D eigenvalue weighted by atomic mass is 32.1. The molecule has 0 saturated carbocycles. The third-order valence-electron chi connectivity index (χ3n) is 3.91. The van der Waals surface area contributed by atoms with E-state index in [0.717, 1.165) is 25.3 Å². The summed E-state index contributed by atoms with van der Waals surface area (Å²) in [5.41, 5.74) is 1.25. The first-order chi connectivity index (χ1) is 11.7. The van der Waals surface area contributed by atoms with Gasteiger partial charge in [-0.05, 0) is 32.0 Å². The Morgan fingerprint density at radius 3 is 2.83 bits per heavy atom. The second-order valence-electron chi connectivity index (χ2n) is 5.72. The van der Waals surface area contributed by atoms with Gasteiger partial charge in [0, 0.05) is 18.1 Å². The molecule has 128 valence electrons. The van der Waals surface area contributed by atoms with Crippen molar-refractivity contribution in [3.05, 3.63) is 29.0 Å². The smallest absolute Gasteiger partial charge is 0.316 e. The quantitative estimate of drug-likeness (QED) is 0.895. The summed E-state index contributed by atoms with van der Waals surface area (Å²) in [6, 6.07) is 1.72. The van der Waals surface area contributed by atoms with Crippen LogP contribution in [0.25, 0.3) is 0 Å². The van der Waals surface area contributed by atoms with Crippen molar-refractivity contribution in [2.24, 2.45) is 0 Å². The summed E-state index contributed by atoms with van der Waals surface area (Å²) in [6.07, 6.45) is 6.63. The molecule has 1 amide bonds. The highest BCUT2D eigenvalue weighted by molar-refractivity contribution is 7.13. The fourth-order valence-corrected chi connectivity index (χ4v) is 3.38. The van der Waals surface area contributed by atoms with Gasteiger partial charge in [0.1, 0.15) is 5.69 Å². The fourth-order valence-electron chi connectivity index (χ4n) is 2.69. The van der Waals surface area contributed by atoms with Crippen LogP contribution < -0.4 is 10.1 Å². The Kier molecular flexibility index (Phi) is 5.71. The number of anilines is 1. The largest absolute Gasteiger partial charge is 0.467 e. The Labute approximate surface area is 145 Å². The Morgan fingerprint density at radius 1 is 1.29 bits per heavy atom.